The van der Waals surface area contributed by atoms with Crippen molar-refractivity contribution in [3.8, 4) is 41.8 Å². The van der Waals surface area contributed by atoms with E-state index >= 15 is 0 Å². The summed E-state index contributed by atoms with van der Waals surface area (Å²) in [5, 5.41) is 30.6. The van der Waals surface area contributed by atoms with Crippen LogP contribution in [-0.2, 0) is 33.4 Å². The van der Waals surface area contributed by atoms with Crippen molar-refractivity contribution in [2.45, 2.75) is 25.3 Å². The minimum Gasteiger partial charge on any atom is -0.452 e. The molecule has 1 atom stereocenters. The van der Waals surface area contributed by atoms with Gasteiger partial charge in [0, 0.05) is 6.54 Å². The molecule has 0 saturated carbocycles. The van der Waals surface area contributed by atoms with Gasteiger partial charge in [0.2, 0.25) is 0 Å². The first-order chi connectivity index (χ1) is 25.6. The zero-order chi connectivity index (χ0) is 38.4. The number of hydrogen-bond donors (Lipinski definition) is 2. The molecule has 1 unspecified atom stereocenters. The smallest absolute Gasteiger partial charge is 0.349 e. The van der Waals surface area contributed by atoms with Gasteiger partial charge in [-0.05, 0) is 92.1 Å². The Balaban J connectivity index is 1.48. The predicted octanol–water partition coefficient (Wildman–Crippen LogP) is 2.20. The Bertz CT molecular complexity index is 1880. The van der Waals surface area contributed by atoms with E-state index in [1.807, 2.05) is 0 Å². The number of nitriles is 3. The number of carbonyl (C=O) groups excluding carboxylic acids is 6. The van der Waals surface area contributed by atoms with Crippen molar-refractivity contribution < 1.29 is 61.9 Å². The zero-order valence-electron chi connectivity index (χ0n) is 27.6. The summed E-state index contributed by atoms with van der Waals surface area (Å²) >= 11 is 0. The lowest BCUT2D eigenvalue weighted by Crippen LogP contribution is -2.44. The summed E-state index contributed by atoms with van der Waals surface area (Å²) in [5.41, 5.74) is 0.190. The second-order valence-corrected chi connectivity index (χ2v) is 10.3. The highest BCUT2D eigenvalue weighted by molar-refractivity contribution is 5.93. The molecular formula is C35H29N5O13. The summed E-state index contributed by atoms with van der Waals surface area (Å²) in [4.78, 5) is 74.5. The summed E-state index contributed by atoms with van der Waals surface area (Å²) in [7, 11) is 0. The van der Waals surface area contributed by atoms with E-state index in [1.54, 1.807) is 0 Å². The van der Waals surface area contributed by atoms with E-state index in [-0.39, 0.29) is 53.5 Å². The molecule has 2 amide bonds. The van der Waals surface area contributed by atoms with Gasteiger partial charge in [-0.15, -0.1) is 15.8 Å². The van der Waals surface area contributed by atoms with E-state index in [9.17, 15) is 28.8 Å². The van der Waals surface area contributed by atoms with Crippen LogP contribution in [0.5, 0.6) is 23.0 Å². The SMILES string of the molecule is N#COc1ccc(OC(=O)COC(=O)C(CCCCNC(=O)COC(=O)c2ccc(OC#N)cc2)NC(=O)COC(=O)c2ccc(OC#N)cc2)cc1. The summed E-state index contributed by atoms with van der Waals surface area (Å²) in [6.45, 7) is -2.08. The van der Waals surface area contributed by atoms with Crippen molar-refractivity contribution in [2.75, 3.05) is 26.4 Å². The Labute approximate surface area is 301 Å². The number of carbonyl (C=O) groups is 6. The molecule has 2 N–H and O–H groups in total. The zero-order valence-corrected chi connectivity index (χ0v) is 27.6. The largest absolute Gasteiger partial charge is 0.452 e. The van der Waals surface area contributed by atoms with E-state index in [0.29, 0.717) is 6.42 Å². The molecule has 53 heavy (non-hydrogen) atoms. The topological polar surface area (TPSA) is 262 Å². The number of esters is 4. The maximum atomic E-state index is 12.9. The van der Waals surface area contributed by atoms with Crippen LogP contribution in [0.2, 0.25) is 0 Å². The van der Waals surface area contributed by atoms with Gasteiger partial charge in [-0.1, -0.05) is 0 Å². The Morgan fingerprint density at radius 2 is 1.02 bits per heavy atom. The lowest BCUT2D eigenvalue weighted by molar-refractivity contribution is -0.156. The standard InChI is InChI=1S/C35H29N5O13/c36-20-50-25-8-4-23(5-9-25)33(44)47-17-30(41)39-16-2-1-3-29(35(46)49-19-32(43)53-28-14-12-27(13-15-28)52-22-38)40-31(42)18-48-34(45)24-6-10-26(11-7-24)51-21-37/h4-15,29H,1-3,16-19H2,(H,39,41)(H,40,42). The Morgan fingerprint density at radius 1 is 0.566 bits per heavy atom. The van der Waals surface area contributed by atoms with Crippen molar-refractivity contribution in [3.05, 3.63) is 83.9 Å². The van der Waals surface area contributed by atoms with Crippen LogP contribution in [0.3, 0.4) is 0 Å². The molecule has 0 heterocycles. The molecular weight excluding hydrogens is 698 g/mol. The fraction of sp³-hybridized carbons (Fsp3) is 0.229. The molecule has 18 nitrogen and oxygen atoms in total. The van der Waals surface area contributed by atoms with E-state index in [2.05, 4.69) is 24.8 Å². The summed E-state index contributed by atoms with van der Waals surface area (Å²) in [6, 6.07) is 15.0. The monoisotopic (exact) mass is 727 g/mol. The molecule has 0 fully saturated rings. The van der Waals surface area contributed by atoms with Crippen molar-refractivity contribution in [3.63, 3.8) is 0 Å². The number of benzene rings is 3. The van der Waals surface area contributed by atoms with Gasteiger partial charge in [0.1, 0.15) is 29.0 Å². The van der Waals surface area contributed by atoms with E-state index in [4.69, 9.17) is 34.7 Å². The minimum absolute atomic E-state index is 0.0232. The molecule has 0 aliphatic rings. The van der Waals surface area contributed by atoms with Crippen LogP contribution in [0.4, 0.5) is 0 Å². The molecule has 0 aromatic heterocycles. The van der Waals surface area contributed by atoms with E-state index < -0.39 is 61.6 Å². The van der Waals surface area contributed by atoms with Gasteiger partial charge < -0.3 is 43.8 Å². The average Bonchev–Trinajstić information content (AvgIpc) is 3.16. The summed E-state index contributed by atoms with van der Waals surface area (Å²) in [6.07, 6.45) is 5.00. The number of nitrogens with one attached hydrogen (secondary N) is 2. The summed E-state index contributed by atoms with van der Waals surface area (Å²) in [5.74, 6) is -4.38. The first kappa shape index (κ1) is 39.8. The van der Waals surface area contributed by atoms with Crippen LogP contribution in [0.15, 0.2) is 72.8 Å². The van der Waals surface area contributed by atoms with Crippen molar-refractivity contribution in [1.29, 1.82) is 15.8 Å². The molecule has 0 spiro atoms. The Kier molecular flexibility index (Phi) is 16.1. The number of amides is 2. The van der Waals surface area contributed by atoms with Crippen LogP contribution in [-0.4, -0.2) is 68.1 Å². The number of hydrogen-bond acceptors (Lipinski definition) is 16. The predicted molar refractivity (Wildman–Crippen MR) is 174 cm³/mol. The molecule has 18 heteroatoms. The molecule has 0 saturated heterocycles. The third-order valence-corrected chi connectivity index (χ3v) is 6.59. The third kappa shape index (κ3) is 14.4. The van der Waals surface area contributed by atoms with Gasteiger partial charge in [0.15, 0.2) is 19.8 Å². The number of rotatable bonds is 19. The van der Waals surface area contributed by atoms with Gasteiger partial charge in [-0.3, -0.25) is 9.59 Å². The van der Waals surface area contributed by atoms with Gasteiger partial charge in [-0.2, -0.15) is 0 Å². The third-order valence-electron chi connectivity index (χ3n) is 6.59. The van der Waals surface area contributed by atoms with Crippen LogP contribution in [0.1, 0.15) is 40.0 Å². The lowest BCUT2D eigenvalue weighted by Gasteiger charge is -2.18. The highest BCUT2D eigenvalue weighted by atomic mass is 16.6. The number of nitrogens with zero attached hydrogens (tertiary/aromatic N) is 3. The fourth-order valence-electron chi connectivity index (χ4n) is 4.11. The average molecular weight is 728 g/mol. The highest BCUT2D eigenvalue weighted by Gasteiger charge is 2.24. The van der Waals surface area contributed by atoms with Gasteiger partial charge >= 0.3 is 23.9 Å². The number of unbranched alkanes of at least 4 members (excludes halogenated alkanes) is 1. The molecule has 272 valence electrons. The molecule has 0 bridgehead atoms. The van der Waals surface area contributed by atoms with E-state index in [0.717, 1.165) is 0 Å². The second kappa shape index (κ2) is 21.4. The Morgan fingerprint density at radius 3 is 1.51 bits per heavy atom. The van der Waals surface area contributed by atoms with E-state index in [1.165, 1.54) is 91.6 Å². The lowest BCUT2D eigenvalue weighted by atomic mass is 10.1. The maximum Gasteiger partial charge on any atom is 0.349 e. The fourth-order valence-corrected chi connectivity index (χ4v) is 4.11. The molecule has 0 radical (unpaired) electrons. The normalized spacial score (nSPS) is 10.4. The molecule has 3 rings (SSSR count). The van der Waals surface area contributed by atoms with Crippen LogP contribution >= 0.6 is 0 Å². The maximum absolute atomic E-state index is 12.9. The minimum atomic E-state index is -1.31. The second-order valence-electron chi connectivity index (χ2n) is 10.3. The molecule has 0 aliphatic heterocycles. The Hall–Kier alpha value is -7.65. The van der Waals surface area contributed by atoms with Gasteiger partial charge in [-0.25, -0.2) is 19.2 Å². The molecule has 3 aromatic carbocycles. The van der Waals surface area contributed by atoms with Gasteiger partial charge in [0.05, 0.1) is 11.1 Å². The van der Waals surface area contributed by atoms with Crippen LogP contribution in [0, 0.1) is 34.6 Å². The van der Waals surface area contributed by atoms with Crippen LogP contribution in [0.25, 0.3) is 0 Å². The van der Waals surface area contributed by atoms with Crippen molar-refractivity contribution >= 4 is 35.7 Å². The molecule has 0 aliphatic carbocycles. The quantitative estimate of drug-likeness (QED) is 0.0589. The van der Waals surface area contributed by atoms with Crippen molar-refractivity contribution in [1.82, 2.24) is 10.6 Å². The highest BCUT2D eigenvalue weighted by Crippen LogP contribution is 2.18. The summed E-state index contributed by atoms with van der Waals surface area (Å²) < 4.78 is 34.0. The van der Waals surface area contributed by atoms with Gasteiger partial charge in [0.25, 0.3) is 30.6 Å². The molecule has 3 aromatic rings. The van der Waals surface area contributed by atoms with Crippen LogP contribution < -0.4 is 29.6 Å². The first-order valence-corrected chi connectivity index (χ1v) is 15.4. The first-order valence-electron chi connectivity index (χ1n) is 15.4. The number of ether oxygens (including phenoxy) is 7. The van der Waals surface area contributed by atoms with Crippen molar-refractivity contribution in [2.24, 2.45) is 0 Å².